The highest BCUT2D eigenvalue weighted by Gasteiger charge is 2.29. The first-order chi connectivity index (χ1) is 9.70. The van der Waals surface area contributed by atoms with Gasteiger partial charge in [-0.2, -0.15) is 0 Å². The molecule has 1 aliphatic rings. The van der Waals surface area contributed by atoms with Crippen molar-refractivity contribution in [3.05, 3.63) is 35.9 Å². The predicted molar refractivity (Wildman–Crippen MR) is 79.1 cm³/mol. The van der Waals surface area contributed by atoms with Crippen LogP contribution < -0.4 is 11.1 Å². The van der Waals surface area contributed by atoms with Crippen LogP contribution in [0.3, 0.4) is 0 Å². The summed E-state index contributed by atoms with van der Waals surface area (Å²) >= 11 is 0. The van der Waals surface area contributed by atoms with Crippen molar-refractivity contribution in [1.29, 1.82) is 0 Å². The van der Waals surface area contributed by atoms with Crippen LogP contribution >= 0.6 is 0 Å². The molecule has 1 amide bonds. The highest BCUT2D eigenvalue weighted by molar-refractivity contribution is 5.81. The number of rotatable bonds is 6. The normalized spacial score (nSPS) is 23.5. The van der Waals surface area contributed by atoms with E-state index in [-0.39, 0.29) is 24.5 Å². The fourth-order valence-electron chi connectivity index (χ4n) is 2.83. The fraction of sp³-hybridized carbons (Fsp3) is 0.562. The van der Waals surface area contributed by atoms with E-state index in [9.17, 15) is 9.90 Å². The van der Waals surface area contributed by atoms with E-state index in [1.54, 1.807) is 0 Å². The summed E-state index contributed by atoms with van der Waals surface area (Å²) < 4.78 is 0. The number of aliphatic hydroxyl groups excluding tert-OH is 1. The van der Waals surface area contributed by atoms with Crippen LogP contribution in [-0.2, 0) is 11.2 Å². The lowest BCUT2D eigenvalue weighted by Gasteiger charge is -2.21. The highest BCUT2D eigenvalue weighted by Crippen LogP contribution is 2.25. The van der Waals surface area contributed by atoms with Crippen LogP contribution in [0.2, 0.25) is 0 Å². The predicted octanol–water partition coefficient (Wildman–Crippen LogP) is 1.22. The van der Waals surface area contributed by atoms with Gasteiger partial charge in [-0.05, 0) is 31.2 Å². The Balaban J connectivity index is 1.77. The SMILES string of the molecule is NC(CCc1ccccc1)C(=O)NC1CCCC1CO. The third-order valence-electron chi connectivity index (χ3n) is 4.14. The van der Waals surface area contributed by atoms with E-state index in [2.05, 4.69) is 5.32 Å². The minimum absolute atomic E-state index is 0.0914. The maximum atomic E-state index is 12.1. The van der Waals surface area contributed by atoms with Gasteiger partial charge in [-0.25, -0.2) is 0 Å². The fourth-order valence-corrected chi connectivity index (χ4v) is 2.83. The Kier molecular flexibility index (Phi) is 5.56. The summed E-state index contributed by atoms with van der Waals surface area (Å²) in [5.41, 5.74) is 7.15. The van der Waals surface area contributed by atoms with Gasteiger partial charge in [-0.15, -0.1) is 0 Å². The van der Waals surface area contributed by atoms with Gasteiger partial charge < -0.3 is 16.2 Å². The number of carbonyl (C=O) groups is 1. The third-order valence-corrected chi connectivity index (χ3v) is 4.14. The van der Waals surface area contributed by atoms with Gasteiger partial charge in [0, 0.05) is 18.6 Å². The molecule has 0 bridgehead atoms. The van der Waals surface area contributed by atoms with Crippen LogP contribution in [0.5, 0.6) is 0 Å². The molecule has 1 aromatic rings. The van der Waals surface area contributed by atoms with Crippen molar-refractivity contribution < 1.29 is 9.90 Å². The summed E-state index contributed by atoms with van der Waals surface area (Å²) in [6.45, 7) is 0.143. The van der Waals surface area contributed by atoms with Crippen molar-refractivity contribution in [3.63, 3.8) is 0 Å². The average Bonchev–Trinajstić information content (AvgIpc) is 2.93. The summed E-state index contributed by atoms with van der Waals surface area (Å²) in [6.07, 6.45) is 4.45. The summed E-state index contributed by atoms with van der Waals surface area (Å²) in [6, 6.07) is 9.67. The summed E-state index contributed by atoms with van der Waals surface area (Å²) in [5.74, 6) is 0.103. The molecule has 1 fully saturated rings. The zero-order chi connectivity index (χ0) is 14.4. The Hall–Kier alpha value is -1.39. The molecule has 0 heterocycles. The van der Waals surface area contributed by atoms with Crippen molar-refractivity contribution in [2.45, 2.75) is 44.2 Å². The molecule has 1 aliphatic carbocycles. The first-order valence-electron chi connectivity index (χ1n) is 7.41. The molecule has 4 N–H and O–H groups in total. The molecule has 0 radical (unpaired) electrons. The summed E-state index contributed by atoms with van der Waals surface area (Å²) in [5, 5.41) is 12.2. The molecule has 0 spiro atoms. The Labute approximate surface area is 120 Å². The number of nitrogens with one attached hydrogen (secondary N) is 1. The van der Waals surface area contributed by atoms with E-state index in [1.165, 1.54) is 5.56 Å². The van der Waals surface area contributed by atoms with Gasteiger partial charge in [0.15, 0.2) is 0 Å². The maximum absolute atomic E-state index is 12.1. The van der Waals surface area contributed by atoms with Crippen LogP contribution in [0.4, 0.5) is 0 Å². The lowest BCUT2D eigenvalue weighted by molar-refractivity contribution is -0.123. The Morgan fingerprint density at radius 3 is 2.80 bits per heavy atom. The second-order valence-corrected chi connectivity index (χ2v) is 5.62. The van der Waals surface area contributed by atoms with Crippen LogP contribution in [0.15, 0.2) is 30.3 Å². The summed E-state index contributed by atoms with van der Waals surface area (Å²) in [4.78, 5) is 12.1. The number of aryl methyl sites for hydroxylation is 1. The number of benzene rings is 1. The number of amides is 1. The lowest BCUT2D eigenvalue weighted by atomic mass is 10.0. The largest absolute Gasteiger partial charge is 0.396 e. The number of nitrogens with two attached hydrogens (primary N) is 1. The van der Waals surface area contributed by atoms with E-state index in [0.29, 0.717) is 6.42 Å². The van der Waals surface area contributed by atoms with Gasteiger partial charge in [0.1, 0.15) is 0 Å². The molecule has 20 heavy (non-hydrogen) atoms. The Morgan fingerprint density at radius 1 is 1.35 bits per heavy atom. The van der Waals surface area contributed by atoms with Crippen LogP contribution in [0, 0.1) is 5.92 Å². The molecule has 3 atom stereocenters. The van der Waals surface area contributed by atoms with E-state index in [4.69, 9.17) is 5.73 Å². The van der Waals surface area contributed by atoms with E-state index in [1.807, 2.05) is 30.3 Å². The molecule has 4 heteroatoms. The van der Waals surface area contributed by atoms with Crippen molar-refractivity contribution in [1.82, 2.24) is 5.32 Å². The van der Waals surface area contributed by atoms with E-state index < -0.39 is 6.04 Å². The summed E-state index contributed by atoms with van der Waals surface area (Å²) in [7, 11) is 0. The van der Waals surface area contributed by atoms with Gasteiger partial charge >= 0.3 is 0 Å². The zero-order valence-electron chi connectivity index (χ0n) is 11.8. The van der Waals surface area contributed by atoms with Gasteiger partial charge in [0.25, 0.3) is 0 Å². The Bertz CT molecular complexity index is 422. The first kappa shape index (κ1) is 15.0. The number of aliphatic hydroxyl groups is 1. The van der Waals surface area contributed by atoms with Crippen molar-refractivity contribution in [3.8, 4) is 0 Å². The molecule has 110 valence electrons. The molecule has 4 nitrogen and oxygen atoms in total. The van der Waals surface area contributed by atoms with E-state index in [0.717, 1.165) is 25.7 Å². The molecular weight excluding hydrogens is 252 g/mol. The second-order valence-electron chi connectivity index (χ2n) is 5.62. The van der Waals surface area contributed by atoms with E-state index >= 15 is 0 Å². The highest BCUT2D eigenvalue weighted by atomic mass is 16.3. The smallest absolute Gasteiger partial charge is 0.237 e. The van der Waals surface area contributed by atoms with Crippen LogP contribution in [-0.4, -0.2) is 29.7 Å². The number of carbonyl (C=O) groups excluding carboxylic acids is 1. The second kappa shape index (κ2) is 7.41. The molecular formula is C16H24N2O2. The number of hydrogen-bond acceptors (Lipinski definition) is 3. The lowest BCUT2D eigenvalue weighted by Crippen LogP contribution is -2.47. The first-order valence-corrected chi connectivity index (χ1v) is 7.41. The van der Waals surface area contributed by atoms with Gasteiger partial charge in [0.05, 0.1) is 6.04 Å². The molecule has 0 saturated heterocycles. The maximum Gasteiger partial charge on any atom is 0.237 e. The minimum Gasteiger partial charge on any atom is -0.396 e. The average molecular weight is 276 g/mol. The molecule has 0 aliphatic heterocycles. The topological polar surface area (TPSA) is 75.4 Å². The Morgan fingerprint density at radius 2 is 2.10 bits per heavy atom. The van der Waals surface area contributed by atoms with Gasteiger partial charge in [-0.3, -0.25) is 4.79 Å². The quantitative estimate of drug-likeness (QED) is 0.731. The monoisotopic (exact) mass is 276 g/mol. The molecule has 3 unspecified atom stereocenters. The molecule has 1 aromatic carbocycles. The minimum atomic E-state index is -0.477. The molecule has 0 aromatic heterocycles. The number of hydrogen-bond donors (Lipinski definition) is 3. The molecule has 2 rings (SSSR count). The standard InChI is InChI=1S/C16H24N2O2/c17-14(10-9-12-5-2-1-3-6-12)16(20)18-15-8-4-7-13(15)11-19/h1-3,5-6,13-15,19H,4,7-11,17H2,(H,18,20). The third kappa shape index (κ3) is 4.05. The van der Waals surface area contributed by atoms with Crippen LogP contribution in [0.25, 0.3) is 0 Å². The van der Waals surface area contributed by atoms with Crippen molar-refractivity contribution in [2.24, 2.45) is 11.7 Å². The van der Waals surface area contributed by atoms with Gasteiger partial charge in [-0.1, -0.05) is 36.8 Å². The zero-order valence-corrected chi connectivity index (χ0v) is 11.8. The van der Waals surface area contributed by atoms with Crippen molar-refractivity contribution >= 4 is 5.91 Å². The van der Waals surface area contributed by atoms with Crippen LogP contribution in [0.1, 0.15) is 31.2 Å². The van der Waals surface area contributed by atoms with Crippen molar-refractivity contribution in [2.75, 3.05) is 6.61 Å². The molecule has 1 saturated carbocycles. The van der Waals surface area contributed by atoms with Gasteiger partial charge in [0.2, 0.25) is 5.91 Å².